The second kappa shape index (κ2) is 7.69. The number of nitrogens with zero attached hydrogens (tertiary/aromatic N) is 1. The summed E-state index contributed by atoms with van der Waals surface area (Å²) < 4.78 is 5.47. The lowest BCUT2D eigenvalue weighted by Gasteiger charge is -2.37. The highest BCUT2D eigenvalue weighted by atomic mass is 16.5. The lowest BCUT2D eigenvalue weighted by Crippen LogP contribution is -2.42. The predicted molar refractivity (Wildman–Crippen MR) is 90.0 cm³/mol. The first-order valence-corrected chi connectivity index (χ1v) is 8.25. The number of para-hydroxylation sites is 2. The average Bonchev–Trinajstić information content (AvgIpc) is 2.50. The maximum atomic E-state index is 6.38. The summed E-state index contributed by atoms with van der Waals surface area (Å²) in [5, 5.41) is 0. The normalized spacial score (nSPS) is 25.6. The van der Waals surface area contributed by atoms with E-state index in [1.807, 2.05) is 12.1 Å². The van der Waals surface area contributed by atoms with Crippen molar-refractivity contribution in [1.82, 2.24) is 0 Å². The minimum Gasteiger partial charge on any atom is -0.495 e. The van der Waals surface area contributed by atoms with Crippen LogP contribution in [0.15, 0.2) is 24.3 Å². The lowest BCUT2D eigenvalue weighted by atomic mass is 9.76. The Morgan fingerprint density at radius 1 is 1.29 bits per heavy atom. The largest absolute Gasteiger partial charge is 0.495 e. The Kier molecular flexibility index (Phi) is 5.92. The molecule has 118 valence electrons. The third kappa shape index (κ3) is 4.13. The zero-order chi connectivity index (χ0) is 15.2. The quantitative estimate of drug-likeness (QED) is 0.868. The van der Waals surface area contributed by atoms with Gasteiger partial charge in [-0.3, -0.25) is 0 Å². The summed E-state index contributed by atoms with van der Waals surface area (Å²) >= 11 is 0. The third-order valence-electron chi connectivity index (χ3n) is 4.85. The molecule has 0 heterocycles. The van der Waals surface area contributed by atoms with Gasteiger partial charge in [0.1, 0.15) is 5.75 Å². The minimum absolute atomic E-state index is 0.343. The number of ether oxygens (including phenoxy) is 1. The summed E-state index contributed by atoms with van der Waals surface area (Å²) in [6.45, 7) is 3.30. The van der Waals surface area contributed by atoms with Crippen LogP contribution < -0.4 is 15.4 Å². The lowest BCUT2D eigenvalue weighted by molar-refractivity contribution is 0.226. The molecule has 3 nitrogen and oxygen atoms in total. The number of rotatable bonds is 6. The van der Waals surface area contributed by atoms with Crippen LogP contribution in [-0.4, -0.2) is 26.7 Å². The van der Waals surface area contributed by atoms with Crippen molar-refractivity contribution >= 4 is 5.69 Å². The van der Waals surface area contributed by atoms with Crippen LogP contribution in [0.1, 0.15) is 39.0 Å². The van der Waals surface area contributed by atoms with Gasteiger partial charge in [-0.1, -0.05) is 31.9 Å². The topological polar surface area (TPSA) is 38.5 Å². The number of methoxy groups -OCH3 is 1. The summed E-state index contributed by atoms with van der Waals surface area (Å²) in [6, 6.07) is 8.56. The zero-order valence-corrected chi connectivity index (χ0v) is 13.7. The molecule has 1 fully saturated rings. The molecule has 0 radical (unpaired) electrons. The van der Waals surface area contributed by atoms with Crippen LogP contribution in [0, 0.1) is 11.8 Å². The molecule has 0 amide bonds. The highest BCUT2D eigenvalue weighted by molar-refractivity contribution is 5.57. The Morgan fingerprint density at radius 2 is 2.05 bits per heavy atom. The highest BCUT2D eigenvalue weighted by Gasteiger charge is 2.28. The van der Waals surface area contributed by atoms with E-state index in [4.69, 9.17) is 10.5 Å². The van der Waals surface area contributed by atoms with E-state index in [-0.39, 0.29) is 0 Å². The zero-order valence-electron chi connectivity index (χ0n) is 13.7. The van der Waals surface area contributed by atoms with Crippen LogP contribution >= 0.6 is 0 Å². The predicted octanol–water partition coefficient (Wildman–Crippen LogP) is 3.68. The molecule has 0 aliphatic heterocycles. The van der Waals surface area contributed by atoms with Crippen LogP contribution in [0.2, 0.25) is 0 Å². The van der Waals surface area contributed by atoms with Crippen molar-refractivity contribution in [2.45, 2.75) is 45.1 Å². The highest BCUT2D eigenvalue weighted by Crippen LogP contribution is 2.34. The molecule has 1 aliphatic carbocycles. The van der Waals surface area contributed by atoms with Gasteiger partial charge < -0.3 is 15.4 Å². The molecular weight excluding hydrogens is 260 g/mol. The van der Waals surface area contributed by atoms with Gasteiger partial charge in [0.15, 0.2) is 0 Å². The molecule has 3 unspecified atom stereocenters. The molecule has 1 aromatic rings. The molecule has 0 aromatic heterocycles. The standard InChI is InChI=1S/C18H30N2O/c1-4-7-14-10-11-16(19)15(12-14)13-20(2)17-8-5-6-9-18(17)21-3/h5-6,8-9,14-16H,4,7,10-13,19H2,1-3H3. The Morgan fingerprint density at radius 3 is 2.76 bits per heavy atom. The summed E-state index contributed by atoms with van der Waals surface area (Å²) in [6.07, 6.45) is 6.39. The second-order valence-electron chi connectivity index (χ2n) is 6.44. The second-order valence-corrected chi connectivity index (χ2v) is 6.44. The minimum atomic E-state index is 0.343. The fourth-order valence-electron chi connectivity index (χ4n) is 3.66. The van der Waals surface area contributed by atoms with Gasteiger partial charge in [0.05, 0.1) is 12.8 Å². The van der Waals surface area contributed by atoms with E-state index in [1.165, 1.54) is 32.1 Å². The van der Waals surface area contributed by atoms with Gasteiger partial charge in [0, 0.05) is 19.6 Å². The molecule has 1 aliphatic rings. The van der Waals surface area contributed by atoms with Crippen molar-refractivity contribution < 1.29 is 4.74 Å². The van der Waals surface area contributed by atoms with Gasteiger partial charge >= 0.3 is 0 Å². The summed E-state index contributed by atoms with van der Waals surface area (Å²) in [5.74, 6) is 2.39. The molecule has 2 rings (SSSR count). The van der Waals surface area contributed by atoms with Gasteiger partial charge in [0.25, 0.3) is 0 Å². The van der Waals surface area contributed by atoms with E-state index in [9.17, 15) is 0 Å². The molecule has 0 bridgehead atoms. The van der Waals surface area contributed by atoms with Crippen LogP contribution in [0.3, 0.4) is 0 Å². The van der Waals surface area contributed by atoms with E-state index < -0.39 is 0 Å². The molecular formula is C18H30N2O. The van der Waals surface area contributed by atoms with Crippen molar-refractivity contribution in [3.63, 3.8) is 0 Å². The molecule has 2 N–H and O–H groups in total. The van der Waals surface area contributed by atoms with Crippen LogP contribution in [0.25, 0.3) is 0 Å². The fraction of sp³-hybridized carbons (Fsp3) is 0.667. The first-order chi connectivity index (χ1) is 10.2. The molecule has 3 heteroatoms. The molecule has 1 saturated carbocycles. The van der Waals surface area contributed by atoms with E-state index in [1.54, 1.807) is 7.11 Å². The summed E-state index contributed by atoms with van der Waals surface area (Å²) in [4.78, 5) is 2.30. The number of benzene rings is 1. The molecule has 0 saturated heterocycles. The summed E-state index contributed by atoms with van der Waals surface area (Å²) in [5.41, 5.74) is 7.53. The molecule has 1 aromatic carbocycles. The van der Waals surface area contributed by atoms with Gasteiger partial charge in [-0.2, -0.15) is 0 Å². The van der Waals surface area contributed by atoms with Crippen molar-refractivity contribution in [1.29, 1.82) is 0 Å². The number of nitrogens with two attached hydrogens (primary N) is 1. The first-order valence-electron chi connectivity index (χ1n) is 8.25. The van der Waals surface area contributed by atoms with E-state index >= 15 is 0 Å². The Labute approximate surface area is 129 Å². The van der Waals surface area contributed by atoms with Crippen molar-refractivity contribution in [3.05, 3.63) is 24.3 Å². The molecule has 3 atom stereocenters. The van der Waals surface area contributed by atoms with Gasteiger partial charge in [-0.25, -0.2) is 0 Å². The SMILES string of the molecule is CCCC1CCC(N)C(CN(C)c2ccccc2OC)C1. The maximum absolute atomic E-state index is 6.38. The first kappa shape index (κ1) is 16.2. The number of hydrogen-bond acceptors (Lipinski definition) is 3. The van der Waals surface area contributed by atoms with Crippen molar-refractivity contribution in [3.8, 4) is 5.75 Å². The summed E-state index contributed by atoms with van der Waals surface area (Å²) in [7, 11) is 3.88. The Hall–Kier alpha value is -1.22. The van der Waals surface area contributed by atoms with E-state index in [0.29, 0.717) is 12.0 Å². The third-order valence-corrected chi connectivity index (χ3v) is 4.85. The van der Waals surface area contributed by atoms with Gasteiger partial charge in [-0.15, -0.1) is 0 Å². The average molecular weight is 290 g/mol. The van der Waals surface area contributed by atoms with Gasteiger partial charge in [-0.05, 0) is 43.2 Å². The van der Waals surface area contributed by atoms with E-state index in [2.05, 4.69) is 31.0 Å². The van der Waals surface area contributed by atoms with E-state index in [0.717, 1.165) is 23.9 Å². The van der Waals surface area contributed by atoms with Crippen LogP contribution in [0.4, 0.5) is 5.69 Å². The Balaban J connectivity index is 2.01. The van der Waals surface area contributed by atoms with Crippen LogP contribution in [-0.2, 0) is 0 Å². The molecule has 0 spiro atoms. The van der Waals surface area contributed by atoms with Crippen LogP contribution in [0.5, 0.6) is 5.75 Å². The smallest absolute Gasteiger partial charge is 0.142 e. The molecule has 21 heavy (non-hydrogen) atoms. The fourth-order valence-corrected chi connectivity index (χ4v) is 3.66. The monoisotopic (exact) mass is 290 g/mol. The number of anilines is 1. The van der Waals surface area contributed by atoms with Gasteiger partial charge in [0.2, 0.25) is 0 Å². The van der Waals surface area contributed by atoms with Crippen molar-refractivity contribution in [2.24, 2.45) is 17.6 Å². The number of hydrogen-bond donors (Lipinski definition) is 1. The van der Waals surface area contributed by atoms with Crippen molar-refractivity contribution in [2.75, 3.05) is 25.6 Å². The maximum Gasteiger partial charge on any atom is 0.142 e. The Bertz CT molecular complexity index is 435.